The number of fused-ring (bicyclic) bond motifs is 2. The number of benzene rings is 3. The second-order valence-corrected chi connectivity index (χ2v) is 10.6. The van der Waals surface area contributed by atoms with Crippen molar-refractivity contribution < 1.29 is 9.18 Å². The fourth-order valence-electron chi connectivity index (χ4n) is 6.02. The highest BCUT2D eigenvalue weighted by Crippen LogP contribution is 2.49. The number of rotatable bonds is 7. The first-order valence-corrected chi connectivity index (χ1v) is 13.0. The van der Waals surface area contributed by atoms with Gasteiger partial charge in [-0.15, -0.1) is 0 Å². The molecular weight excluding hydrogens is 447 g/mol. The van der Waals surface area contributed by atoms with Gasteiger partial charge >= 0.3 is 0 Å². The number of anilines is 2. The zero-order valence-corrected chi connectivity index (χ0v) is 21.5. The fourth-order valence-corrected chi connectivity index (χ4v) is 6.02. The van der Waals surface area contributed by atoms with E-state index in [1.807, 2.05) is 44.1 Å². The minimum atomic E-state index is -0.317. The molecule has 0 spiro atoms. The molecule has 3 nitrogen and oxygen atoms in total. The van der Waals surface area contributed by atoms with Gasteiger partial charge in [-0.2, -0.15) is 0 Å². The molecule has 3 aromatic carbocycles. The minimum Gasteiger partial charge on any atom is -0.378 e. The van der Waals surface area contributed by atoms with Crippen LogP contribution in [0.3, 0.4) is 0 Å². The predicted molar refractivity (Wildman–Crippen MR) is 147 cm³/mol. The molecule has 0 radical (unpaired) electrons. The molecule has 36 heavy (non-hydrogen) atoms. The van der Waals surface area contributed by atoms with Crippen molar-refractivity contribution in [3.8, 4) is 11.1 Å². The predicted octanol–water partition coefficient (Wildman–Crippen LogP) is 7.56. The first-order chi connectivity index (χ1) is 17.4. The summed E-state index contributed by atoms with van der Waals surface area (Å²) >= 11 is 0. The van der Waals surface area contributed by atoms with Crippen molar-refractivity contribution in [1.29, 1.82) is 0 Å². The van der Waals surface area contributed by atoms with Gasteiger partial charge in [0, 0.05) is 31.4 Å². The van der Waals surface area contributed by atoms with Gasteiger partial charge in [-0.3, -0.25) is 4.79 Å². The molecule has 4 heteroatoms. The largest absolute Gasteiger partial charge is 0.378 e. The number of halogens is 1. The molecule has 3 atom stereocenters. The Morgan fingerprint density at radius 2 is 1.61 bits per heavy atom. The smallest absolute Gasteiger partial charge is 0.230 e. The Balaban J connectivity index is 1.42. The molecule has 2 aliphatic rings. The summed E-state index contributed by atoms with van der Waals surface area (Å²) < 4.78 is 14.6. The summed E-state index contributed by atoms with van der Waals surface area (Å²) in [6.45, 7) is 2.35. The SMILES string of the molecule is C/C=C/c1cc(F)cc(N(Cc2ccc(-c3ccc(N(C)C)cc3)cc2)C(=O)C2CC3CCC2C3)c1. The third-order valence-electron chi connectivity index (χ3n) is 7.91. The number of allylic oxidation sites excluding steroid dienone is 1. The first kappa shape index (κ1) is 24.3. The van der Waals surface area contributed by atoms with Gasteiger partial charge in [0.2, 0.25) is 5.91 Å². The second kappa shape index (κ2) is 10.3. The highest BCUT2D eigenvalue weighted by atomic mass is 19.1. The van der Waals surface area contributed by atoms with Gasteiger partial charge < -0.3 is 9.80 Å². The lowest BCUT2D eigenvalue weighted by molar-refractivity contribution is -0.124. The van der Waals surface area contributed by atoms with E-state index in [4.69, 9.17) is 0 Å². The van der Waals surface area contributed by atoms with Gasteiger partial charge in [0.15, 0.2) is 0 Å². The first-order valence-electron chi connectivity index (χ1n) is 13.0. The van der Waals surface area contributed by atoms with Crippen molar-refractivity contribution in [3.05, 3.63) is 89.8 Å². The van der Waals surface area contributed by atoms with Crippen LogP contribution in [0, 0.1) is 23.6 Å². The van der Waals surface area contributed by atoms with Crippen molar-refractivity contribution in [3.63, 3.8) is 0 Å². The van der Waals surface area contributed by atoms with Crippen molar-refractivity contribution in [2.45, 2.75) is 39.2 Å². The summed E-state index contributed by atoms with van der Waals surface area (Å²) in [5, 5.41) is 0. The zero-order chi connectivity index (χ0) is 25.2. The molecule has 2 bridgehead atoms. The monoisotopic (exact) mass is 482 g/mol. The third kappa shape index (κ3) is 5.09. The van der Waals surface area contributed by atoms with Gasteiger partial charge in [0.25, 0.3) is 0 Å². The Morgan fingerprint density at radius 1 is 0.917 bits per heavy atom. The maximum atomic E-state index is 14.6. The van der Waals surface area contributed by atoms with E-state index in [1.54, 1.807) is 0 Å². The Morgan fingerprint density at radius 3 is 2.19 bits per heavy atom. The summed E-state index contributed by atoms with van der Waals surface area (Å²) in [6.07, 6.45) is 8.30. The lowest BCUT2D eigenvalue weighted by Crippen LogP contribution is -2.38. The quantitative estimate of drug-likeness (QED) is 0.347. The number of amides is 1. The van der Waals surface area contributed by atoms with Crippen LogP contribution in [0.15, 0.2) is 72.8 Å². The van der Waals surface area contributed by atoms with Gasteiger partial charge in [-0.05, 0) is 90.6 Å². The van der Waals surface area contributed by atoms with Crippen LogP contribution < -0.4 is 9.80 Å². The van der Waals surface area contributed by atoms with Crippen LogP contribution in [0.5, 0.6) is 0 Å². The van der Waals surface area contributed by atoms with Crippen molar-refractivity contribution in [2.24, 2.45) is 17.8 Å². The third-order valence-corrected chi connectivity index (χ3v) is 7.91. The molecule has 3 aromatic rings. The van der Waals surface area contributed by atoms with E-state index in [-0.39, 0.29) is 17.6 Å². The summed E-state index contributed by atoms with van der Waals surface area (Å²) in [5.41, 5.74) is 5.91. The molecule has 5 rings (SSSR count). The molecular formula is C32H35FN2O. The number of hydrogen-bond acceptors (Lipinski definition) is 2. The average molecular weight is 483 g/mol. The van der Waals surface area contributed by atoms with Crippen LogP contribution in [0.2, 0.25) is 0 Å². The Kier molecular flexibility index (Phi) is 6.95. The van der Waals surface area contributed by atoms with Crippen LogP contribution in [0.4, 0.5) is 15.8 Å². The van der Waals surface area contributed by atoms with E-state index in [9.17, 15) is 9.18 Å². The van der Waals surface area contributed by atoms with Gasteiger partial charge in [-0.25, -0.2) is 4.39 Å². The van der Waals surface area contributed by atoms with Gasteiger partial charge in [0.05, 0.1) is 6.54 Å². The maximum absolute atomic E-state index is 14.6. The summed E-state index contributed by atoms with van der Waals surface area (Å²) in [4.78, 5) is 17.8. The molecule has 2 saturated carbocycles. The van der Waals surface area contributed by atoms with Crippen LogP contribution in [-0.2, 0) is 11.3 Å². The number of carbonyl (C=O) groups excluding carboxylic acids is 1. The number of nitrogens with zero attached hydrogens (tertiary/aromatic N) is 2. The molecule has 0 heterocycles. The van der Waals surface area contributed by atoms with Gasteiger partial charge in [0.1, 0.15) is 5.82 Å². The van der Waals surface area contributed by atoms with Crippen LogP contribution in [0.25, 0.3) is 17.2 Å². The fraction of sp³-hybridized carbons (Fsp3) is 0.344. The topological polar surface area (TPSA) is 23.6 Å². The lowest BCUT2D eigenvalue weighted by atomic mass is 9.87. The Hall–Kier alpha value is -3.40. The van der Waals surface area contributed by atoms with E-state index in [1.165, 1.54) is 25.0 Å². The molecule has 2 aliphatic carbocycles. The van der Waals surface area contributed by atoms with Crippen LogP contribution >= 0.6 is 0 Å². The van der Waals surface area contributed by atoms with Crippen molar-refractivity contribution >= 4 is 23.4 Å². The van der Waals surface area contributed by atoms with E-state index < -0.39 is 0 Å². The van der Waals surface area contributed by atoms with E-state index in [0.717, 1.165) is 40.8 Å². The minimum absolute atomic E-state index is 0.0478. The molecule has 0 N–H and O–H groups in total. The molecule has 0 aromatic heterocycles. The Labute approximate surface area is 214 Å². The highest BCUT2D eigenvalue weighted by Gasteiger charge is 2.44. The van der Waals surface area contributed by atoms with Crippen LogP contribution in [-0.4, -0.2) is 20.0 Å². The van der Waals surface area contributed by atoms with E-state index >= 15 is 0 Å². The highest BCUT2D eigenvalue weighted by molar-refractivity contribution is 5.95. The molecule has 1 amide bonds. The summed E-state index contributed by atoms with van der Waals surface area (Å²) in [7, 11) is 4.07. The average Bonchev–Trinajstić information content (AvgIpc) is 3.51. The molecule has 186 valence electrons. The van der Waals surface area contributed by atoms with Gasteiger partial charge in [-0.1, -0.05) is 55.0 Å². The van der Waals surface area contributed by atoms with Crippen LogP contribution in [0.1, 0.15) is 43.7 Å². The molecule has 0 aliphatic heterocycles. The maximum Gasteiger partial charge on any atom is 0.230 e. The van der Waals surface area contributed by atoms with E-state index in [2.05, 4.69) is 53.4 Å². The lowest BCUT2D eigenvalue weighted by Gasteiger charge is -2.30. The summed E-state index contributed by atoms with van der Waals surface area (Å²) in [5.74, 6) is 1.02. The zero-order valence-electron chi connectivity index (χ0n) is 21.5. The number of hydrogen-bond donors (Lipinski definition) is 0. The molecule has 2 fully saturated rings. The van der Waals surface area contributed by atoms with E-state index in [0.29, 0.717) is 24.1 Å². The second-order valence-electron chi connectivity index (χ2n) is 10.6. The Bertz CT molecular complexity index is 1250. The van der Waals surface area contributed by atoms with Crippen molar-refractivity contribution in [1.82, 2.24) is 0 Å². The molecule has 3 unspecified atom stereocenters. The normalized spacial score (nSPS) is 20.7. The van der Waals surface area contributed by atoms with Crippen molar-refractivity contribution in [2.75, 3.05) is 23.9 Å². The summed E-state index contributed by atoms with van der Waals surface area (Å²) in [6, 6.07) is 21.8. The molecule has 0 saturated heterocycles. The number of carbonyl (C=O) groups is 1. The standard InChI is InChI=1S/C32H35FN2O/c1-4-5-23-17-28(33)20-30(18-23)35(32(36)31-19-24-8-11-27(31)16-24)21-22-6-9-25(10-7-22)26-12-14-29(15-13-26)34(2)3/h4-7,9-10,12-15,17-18,20,24,27,31H,8,11,16,19,21H2,1-3H3/b5-4+.